The van der Waals surface area contributed by atoms with Crippen LogP contribution in [0.1, 0.15) is 28.8 Å². The molecule has 1 amide bonds. The first-order valence-corrected chi connectivity index (χ1v) is 10.9. The fourth-order valence-corrected chi connectivity index (χ4v) is 4.97. The summed E-state index contributed by atoms with van der Waals surface area (Å²) in [5.41, 5.74) is 1.77. The Labute approximate surface area is 171 Å². The number of rotatable bonds is 6. The number of nitrogens with zero attached hydrogens (tertiary/aromatic N) is 2. The van der Waals surface area contributed by atoms with Crippen LogP contribution in [0, 0.1) is 0 Å². The summed E-state index contributed by atoms with van der Waals surface area (Å²) in [6.45, 7) is 1.67. The SMILES string of the molecule is CN(C)Cc1ccccc1NC(=O)c1cc(S(=O)(=O)N2CCCC2)ccc1Cl. The Morgan fingerprint density at radius 2 is 1.82 bits per heavy atom. The predicted octanol–water partition coefficient (Wildman–Crippen LogP) is 3.44. The van der Waals surface area contributed by atoms with Crippen molar-refractivity contribution < 1.29 is 13.2 Å². The highest BCUT2D eigenvalue weighted by Gasteiger charge is 2.28. The Hall–Kier alpha value is -1.93. The molecule has 1 heterocycles. The van der Waals surface area contributed by atoms with Crippen molar-refractivity contribution >= 4 is 33.2 Å². The van der Waals surface area contributed by atoms with Crippen LogP contribution in [0.5, 0.6) is 0 Å². The predicted molar refractivity (Wildman–Crippen MR) is 111 cm³/mol. The molecule has 1 N–H and O–H groups in total. The molecule has 1 saturated heterocycles. The molecule has 1 fully saturated rings. The van der Waals surface area contributed by atoms with Crippen LogP contribution in [0.2, 0.25) is 5.02 Å². The fraction of sp³-hybridized carbons (Fsp3) is 0.350. The van der Waals surface area contributed by atoms with Gasteiger partial charge < -0.3 is 10.2 Å². The van der Waals surface area contributed by atoms with Crippen LogP contribution in [0.3, 0.4) is 0 Å². The zero-order valence-corrected chi connectivity index (χ0v) is 17.6. The smallest absolute Gasteiger partial charge is 0.257 e. The zero-order chi connectivity index (χ0) is 20.3. The number of hydrogen-bond acceptors (Lipinski definition) is 4. The van der Waals surface area contributed by atoms with Gasteiger partial charge in [0.05, 0.1) is 15.5 Å². The topological polar surface area (TPSA) is 69.7 Å². The molecule has 1 aliphatic heterocycles. The maximum atomic E-state index is 12.9. The van der Waals surface area contributed by atoms with E-state index in [2.05, 4.69) is 5.32 Å². The summed E-state index contributed by atoms with van der Waals surface area (Å²) in [4.78, 5) is 14.9. The molecule has 0 spiro atoms. The third-order valence-electron chi connectivity index (χ3n) is 4.64. The largest absolute Gasteiger partial charge is 0.322 e. The minimum Gasteiger partial charge on any atom is -0.322 e. The first-order valence-electron chi connectivity index (χ1n) is 9.13. The maximum absolute atomic E-state index is 12.9. The molecular formula is C20H24ClN3O3S. The van der Waals surface area contributed by atoms with Gasteiger partial charge in [0.25, 0.3) is 5.91 Å². The van der Waals surface area contributed by atoms with Crippen LogP contribution in [-0.2, 0) is 16.6 Å². The van der Waals surface area contributed by atoms with Crippen molar-refractivity contribution in [2.24, 2.45) is 0 Å². The van der Waals surface area contributed by atoms with Crippen LogP contribution in [0.4, 0.5) is 5.69 Å². The molecule has 0 radical (unpaired) electrons. The molecule has 0 aliphatic carbocycles. The maximum Gasteiger partial charge on any atom is 0.257 e. The second-order valence-corrected chi connectivity index (χ2v) is 9.45. The summed E-state index contributed by atoms with van der Waals surface area (Å²) in [7, 11) is 0.273. The van der Waals surface area contributed by atoms with E-state index >= 15 is 0 Å². The number of para-hydroxylation sites is 1. The third kappa shape index (κ3) is 4.55. The summed E-state index contributed by atoms with van der Waals surface area (Å²) in [5.74, 6) is -0.435. The summed E-state index contributed by atoms with van der Waals surface area (Å²) in [6.07, 6.45) is 1.70. The lowest BCUT2D eigenvalue weighted by molar-refractivity contribution is 0.102. The standard InChI is InChI=1S/C20H24ClN3O3S/c1-23(2)14-15-7-3-4-8-19(15)22-20(25)17-13-16(9-10-18(17)21)28(26,27)24-11-5-6-12-24/h3-4,7-10,13H,5-6,11-12,14H2,1-2H3,(H,22,25). The monoisotopic (exact) mass is 421 g/mol. The van der Waals surface area contributed by atoms with Gasteiger partial charge in [-0.05, 0) is 56.8 Å². The van der Waals surface area contributed by atoms with Crippen molar-refractivity contribution in [3.63, 3.8) is 0 Å². The van der Waals surface area contributed by atoms with Gasteiger partial charge in [-0.1, -0.05) is 29.8 Å². The second-order valence-electron chi connectivity index (χ2n) is 7.10. The minimum absolute atomic E-state index is 0.0885. The van der Waals surface area contributed by atoms with Gasteiger partial charge in [-0.15, -0.1) is 0 Å². The summed E-state index contributed by atoms with van der Waals surface area (Å²) >= 11 is 6.21. The lowest BCUT2D eigenvalue weighted by atomic mass is 10.1. The average Bonchev–Trinajstić information content (AvgIpc) is 3.18. The van der Waals surface area contributed by atoms with Gasteiger partial charge in [-0.2, -0.15) is 4.31 Å². The molecule has 150 valence electrons. The van der Waals surface area contributed by atoms with Gasteiger partial charge in [-0.25, -0.2) is 8.42 Å². The summed E-state index contributed by atoms with van der Waals surface area (Å²) in [5, 5.41) is 3.07. The molecular weight excluding hydrogens is 398 g/mol. The van der Waals surface area contributed by atoms with Crippen molar-refractivity contribution in [2.75, 3.05) is 32.5 Å². The van der Waals surface area contributed by atoms with Crippen molar-refractivity contribution in [3.05, 3.63) is 58.6 Å². The van der Waals surface area contributed by atoms with Gasteiger partial charge in [0.2, 0.25) is 10.0 Å². The minimum atomic E-state index is -3.62. The fourth-order valence-electron chi connectivity index (χ4n) is 3.23. The van der Waals surface area contributed by atoms with E-state index in [1.54, 1.807) is 0 Å². The van der Waals surface area contributed by atoms with Crippen molar-refractivity contribution in [2.45, 2.75) is 24.3 Å². The number of carbonyl (C=O) groups excluding carboxylic acids is 1. The Balaban J connectivity index is 1.89. The number of hydrogen-bond donors (Lipinski definition) is 1. The van der Waals surface area contributed by atoms with E-state index in [1.165, 1.54) is 22.5 Å². The number of sulfonamides is 1. The summed E-state index contributed by atoms with van der Waals surface area (Å²) < 4.78 is 27.0. The van der Waals surface area contributed by atoms with E-state index in [0.29, 0.717) is 25.3 Å². The molecule has 2 aromatic rings. The highest BCUT2D eigenvalue weighted by Crippen LogP contribution is 2.26. The molecule has 1 aliphatic rings. The first kappa shape index (κ1) is 20.8. The molecule has 0 unspecified atom stereocenters. The van der Waals surface area contributed by atoms with Crippen molar-refractivity contribution in [1.82, 2.24) is 9.21 Å². The molecule has 6 nitrogen and oxygen atoms in total. The highest BCUT2D eigenvalue weighted by molar-refractivity contribution is 7.89. The quantitative estimate of drug-likeness (QED) is 0.775. The van der Waals surface area contributed by atoms with Crippen LogP contribution in [0.15, 0.2) is 47.4 Å². The Kier molecular flexibility index (Phi) is 6.40. The second kappa shape index (κ2) is 8.61. The number of carbonyl (C=O) groups is 1. The van der Waals surface area contributed by atoms with E-state index in [1.807, 2.05) is 43.3 Å². The van der Waals surface area contributed by atoms with E-state index in [-0.39, 0.29) is 15.5 Å². The first-order chi connectivity index (χ1) is 13.3. The van der Waals surface area contributed by atoms with Gasteiger partial charge in [0.15, 0.2) is 0 Å². The van der Waals surface area contributed by atoms with Gasteiger partial charge in [0.1, 0.15) is 0 Å². The molecule has 0 saturated carbocycles. The number of nitrogens with one attached hydrogen (secondary N) is 1. The Morgan fingerprint density at radius 3 is 2.50 bits per heavy atom. The lowest BCUT2D eigenvalue weighted by Gasteiger charge is -2.17. The van der Waals surface area contributed by atoms with Crippen molar-refractivity contribution in [3.8, 4) is 0 Å². The van der Waals surface area contributed by atoms with Crippen LogP contribution in [0.25, 0.3) is 0 Å². The van der Waals surface area contributed by atoms with Gasteiger partial charge >= 0.3 is 0 Å². The van der Waals surface area contributed by atoms with Crippen molar-refractivity contribution in [1.29, 1.82) is 0 Å². The molecule has 0 atom stereocenters. The Bertz CT molecular complexity index is 970. The van der Waals surface area contributed by atoms with Gasteiger partial charge in [-0.3, -0.25) is 4.79 Å². The normalized spacial score (nSPS) is 15.1. The van der Waals surface area contributed by atoms with E-state index in [0.717, 1.165) is 18.4 Å². The number of anilines is 1. The van der Waals surface area contributed by atoms with E-state index < -0.39 is 15.9 Å². The van der Waals surface area contributed by atoms with Gasteiger partial charge in [0, 0.05) is 25.3 Å². The molecule has 0 bridgehead atoms. The summed E-state index contributed by atoms with van der Waals surface area (Å²) in [6, 6.07) is 11.8. The number of amides is 1. The lowest BCUT2D eigenvalue weighted by Crippen LogP contribution is -2.28. The number of halogens is 1. The highest BCUT2D eigenvalue weighted by atomic mass is 35.5. The third-order valence-corrected chi connectivity index (χ3v) is 6.86. The molecule has 2 aromatic carbocycles. The Morgan fingerprint density at radius 1 is 1.14 bits per heavy atom. The zero-order valence-electron chi connectivity index (χ0n) is 16.0. The van der Waals surface area contributed by atoms with Crippen LogP contribution in [-0.4, -0.2) is 50.7 Å². The average molecular weight is 422 g/mol. The molecule has 28 heavy (non-hydrogen) atoms. The molecule has 3 rings (SSSR count). The van der Waals surface area contributed by atoms with E-state index in [4.69, 9.17) is 11.6 Å². The van der Waals surface area contributed by atoms with Crippen LogP contribution < -0.4 is 5.32 Å². The molecule has 0 aromatic heterocycles. The van der Waals surface area contributed by atoms with Crippen LogP contribution >= 0.6 is 11.6 Å². The molecule has 8 heteroatoms. The number of benzene rings is 2. The van der Waals surface area contributed by atoms with E-state index in [9.17, 15) is 13.2 Å².